The molecule has 0 fully saturated rings. The number of hydrogen-bond acceptors (Lipinski definition) is 1. The molecule has 1 nitrogen and oxygen atoms in total. The Kier molecular flexibility index (Phi) is 5.51. The second kappa shape index (κ2) is 4.99. The van der Waals surface area contributed by atoms with Gasteiger partial charge in [-0.15, -0.1) is 0 Å². The molecular formula is C8H10BrKO. The maximum absolute atomic E-state index is 9.19. The third-order valence-electron chi connectivity index (χ3n) is 1.55. The molecule has 56 valence electrons. The molecule has 0 unspecified atom stereocenters. The van der Waals surface area contributed by atoms with E-state index in [4.69, 9.17) is 0 Å². The van der Waals surface area contributed by atoms with E-state index >= 15 is 0 Å². The number of benzene rings is 1. The van der Waals surface area contributed by atoms with Crippen LogP contribution in [-0.4, -0.2) is 56.5 Å². The third kappa shape index (κ3) is 2.83. The summed E-state index contributed by atoms with van der Waals surface area (Å²) in [6, 6.07) is 3.59. The first-order chi connectivity index (χ1) is 4.63. The van der Waals surface area contributed by atoms with Gasteiger partial charge in [-0.3, -0.25) is 0 Å². The van der Waals surface area contributed by atoms with Crippen LogP contribution in [0.5, 0.6) is 5.75 Å². The van der Waals surface area contributed by atoms with Crippen molar-refractivity contribution in [3.05, 3.63) is 27.7 Å². The van der Waals surface area contributed by atoms with Gasteiger partial charge in [0.1, 0.15) is 5.75 Å². The Balaban J connectivity index is 0.000001000. The number of aryl methyl sites for hydroxylation is 1. The van der Waals surface area contributed by atoms with Gasteiger partial charge in [0, 0.05) is 10.0 Å². The van der Waals surface area contributed by atoms with Gasteiger partial charge in [-0.25, -0.2) is 0 Å². The van der Waals surface area contributed by atoms with Crippen molar-refractivity contribution < 1.29 is 5.11 Å². The Morgan fingerprint density at radius 2 is 1.82 bits per heavy atom. The molecule has 1 aromatic carbocycles. The van der Waals surface area contributed by atoms with E-state index in [0.29, 0.717) is 5.75 Å². The van der Waals surface area contributed by atoms with E-state index in [-0.39, 0.29) is 51.4 Å². The number of phenols is 1. The molecule has 0 heterocycles. The molecule has 0 atom stereocenters. The molecule has 1 N–H and O–H groups in total. The average molecular weight is 241 g/mol. The molecule has 3 heteroatoms. The first-order valence-electron chi connectivity index (χ1n) is 3.07. The number of rotatable bonds is 0. The molecule has 0 saturated carbocycles. The minimum absolute atomic E-state index is 0. The van der Waals surface area contributed by atoms with Crippen LogP contribution in [0.1, 0.15) is 11.1 Å². The number of halogens is 1. The molecule has 1 rings (SSSR count). The summed E-state index contributed by atoms with van der Waals surface area (Å²) < 4.78 is 0.993. The van der Waals surface area contributed by atoms with E-state index in [2.05, 4.69) is 15.9 Å². The topological polar surface area (TPSA) is 20.2 Å². The number of phenolic OH excluding ortho intramolecular Hbond substituents is 1. The van der Waals surface area contributed by atoms with Crippen molar-refractivity contribution in [1.29, 1.82) is 0 Å². The van der Waals surface area contributed by atoms with Crippen molar-refractivity contribution in [1.82, 2.24) is 0 Å². The van der Waals surface area contributed by atoms with Gasteiger partial charge < -0.3 is 5.11 Å². The maximum atomic E-state index is 9.19. The van der Waals surface area contributed by atoms with E-state index in [0.717, 1.165) is 15.6 Å². The molecule has 0 bridgehead atoms. The Bertz CT molecular complexity index is 234. The van der Waals surface area contributed by atoms with Gasteiger partial charge in [0.15, 0.2) is 0 Å². The summed E-state index contributed by atoms with van der Waals surface area (Å²) in [4.78, 5) is 0. The first-order valence-corrected chi connectivity index (χ1v) is 3.87. The van der Waals surface area contributed by atoms with Crippen LogP contribution in [0.3, 0.4) is 0 Å². The van der Waals surface area contributed by atoms with Crippen molar-refractivity contribution in [2.24, 2.45) is 0 Å². The second-order valence-corrected chi connectivity index (χ2v) is 3.13. The molecule has 0 aliphatic rings. The van der Waals surface area contributed by atoms with Gasteiger partial charge in [0.2, 0.25) is 0 Å². The molecular weight excluding hydrogens is 231 g/mol. The number of hydrogen-bond donors (Lipinski definition) is 1. The van der Waals surface area contributed by atoms with Crippen LogP contribution in [-0.2, 0) is 0 Å². The quantitative estimate of drug-likeness (QED) is 0.690. The van der Waals surface area contributed by atoms with Gasteiger partial charge in [-0.1, -0.05) is 22.0 Å². The van der Waals surface area contributed by atoms with Gasteiger partial charge in [-0.2, -0.15) is 0 Å². The second-order valence-electron chi connectivity index (χ2n) is 2.34. The van der Waals surface area contributed by atoms with Crippen molar-refractivity contribution in [3.63, 3.8) is 0 Å². The summed E-state index contributed by atoms with van der Waals surface area (Å²) in [5.74, 6) is 0.345. The molecule has 0 saturated heterocycles. The van der Waals surface area contributed by atoms with Crippen molar-refractivity contribution in [3.8, 4) is 5.75 Å². The molecule has 0 aliphatic heterocycles. The molecule has 0 radical (unpaired) electrons. The SMILES string of the molecule is Cc1ccc(O)c(C)c1Br.[KH]. The van der Waals surface area contributed by atoms with Gasteiger partial charge in [-0.05, 0) is 25.5 Å². The summed E-state index contributed by atoms with van der Waals surface area (Å²) in [5, 5.41) is 9.19. The van der Waals surface area contributed by atoms with Crippen LogP contribution in [0.4, 0.5) is 0 Å². The van der Waals surface area contributed by atoms with Crippen LogP contribution >= 0.6 is 15.9 Å². The first kappa shape index (κ1) is 12.1. The molecule has 0 amide bonds. The van der Waals surface area contributed by atoms with Crippen molar-refractivity contribution in [2.75, 3.05) is 0 Å². The molecule has 0 aromatic heterocycles. The van der Waals surface area contributed by atoms with Crippen LogP contribution in [0.15, 0.2) is 16.6 Å². The van der Waals surface area contributed by atoms with Crippen LogP contribution < -0.4 is 0 Å². The van der Waals surface area contributed by atoms with Gasteiger partial charge in [0.05, 0.1) is 0 Å². The predicted octanol–water partition coefficient (Wildman–Crippen LogP) is 2.12. The fourth-order valence-corrected chi connectivity index (χ4v) is 1.15. The summed E-state index contributed by atoms with van der Waals surface area (Å²) >= 11 is 3.37. The fourth-order valence-electron chi connectivity index (χ4n) is 0.810. The molecule has 0 spiro atoms. The predicted molar refractivity (Wildman–Crippen MR) is 52.4 cm³/mol. The molecule has 11 heavy (non-hydrogen) atoms. The fraction of sp³-hybridized carbons (Fsp3) is 0.250. The zero-order valence-electron chi connectivity index (χ0n) is 5.98. The summed E-state index contributed by atoms with van der Waals surface area (Å²) in [6.07, 6.45) is 0. The van der Waals surface area contributed by atoms with Crippen molar-refractivity contribution >= 4 is 67.3 Å². The summed E-state index contributed by atoms with van der Waals surface area (Å²) in [6.45, 7) is 3.88. The Labute approximate surface area is 118 Å². The average Bonchev–Trinajstić information content (AvgIpc) is 1.93. The van der Waals surface area contributed by atoms with Crippen molar-refractivity contribution in [2.45, 2.75) is 13.8 Å². The summed E-state index contributed by atoms with van der Waals surface area (Å²) in [5.41, 5.74) is 2.05. The van der Waals surface area contributed by atoms with E-state index in [9.17, 15) is 5.11 Å². The summed E-state index contributed by atoms with van der Waals surface area (Å²) in [7, 11) is 0. The molecule has 1 aromatic rings. The van der Waals surface area contributed by atoms with E-state index in [1.54, 1.807) is 6.07 Å². The normalized spacial score (nSPS) is 9.00. The minimum atomic E-state index is 0. The number of aromatic hydroxyl groups is 1. The Hall–Kier alpha value is 1.14. The van der Waals surface area contributed by atoms with E-state index in [1.165, 1.54) is 0 Å². The van der Waals surface area contributed by atoms with Crippen LogP contribution in [0.2, 0.25) is 0 Å². The van der Waals surface area contributed by atoms with Gasteiger partial charge >= 0.3 is 51.4 Å². The Morgan fingerprint density at radius 1 is 1.27 bits per heavy atom. The third-order valence-corrected chi connectivity index (χ3v) is 2.77. The molecule has 0 aliphatic carbocycles. The van der Waals surface area contributed by atoms with Gasteiger partial charge in [0.25, 0.3) is 0 Å². The Morgan fingerprint density at radius 3 is 2.27 bits per heavy atom. The van der Waals surface area contributed by atoms with Crippen LogP contribution in [0.25, 0.3) is 0 Å². The van der Waals surface area contributed by atoms with Crippen LogP contribution in [0, 0.1) is 13.8 Å². The zero-order chi connectivity index (χ0) is 7.72. The zero-order valence-corrected chi connectivity index (χ0v) is 7.57. The standard InChI is InChI=1S/C8H9BrO.K.H/c1-5-3-4-7(10)6(2)8(5)9;;/h3-4,10H,1-2H3;;. The van der Waals surface area contributed by atoms with E-state index < -0.39 is 0 Å². The van der Waals surface area contributed by atoms with E-state index in [1.807, 2.05) is 19.9 Å². The monoisotopic (exact) mass is 240 g/mol.